The second-order valence-electron chi connectivity index (χ2n) is 3.07. The fourth-order valence-electron chi connectivity index (χ4n) is 1.42. The smallest absolute Gasteiger partial charge is 0.411 e. The number of carboxylic acid groups (broad SMARTS) is 1. The Balaban J connectivity index is 3.11. The number of benzene rings is 1. The van der Waals surface area contributed by atoms with Crippen molar-refractivity contribution in [2.24, 2.45) is 0 Å². The molecule has 0 atom stereocenters. The van der Waals surface area contributed by atoms with Gasteiger partial charge in [0.05, 0.1) is 19.9 Å². The molecular weight excluding hydrogens is 210 g/mol. The molecule has 1 amide bonds. The molecule has 5 heteroatoms. The summed E-state index contributed by atoms with van der Waals surface area (Å²) >= 11 is 0. The summed E-state index contributed by atoms with van der Waals surface area (Å²) in [6.45, 7) is 2.15. The van der Waals surface area contributed by atoms with Crippen molar-refractivity contribution in [1.29, 1.82) is 0 Å². The summed E-state index contributed by atoms with van der Waals surface area (Å²) in [7, 11) is 3.05. The molecule has 0 aliphatic heterocycles. The number of nitrogens with zero attached hydrogens (tertiary/aromatic N) is 1. The van der Waals surface area contributed by atoms with E-state index < -0.39 is 6.09 Å². The van der Waals surface area contributed by atoms with Crippen LogP contribution in [0, 0.1) is 0 Å². The van der Waals surface area contributed by atoms with Gasteiger partial charge in [0.1, 0.15) is 0 Å². The minimum atomic E-state index is -0.991. The van der Waals surface area contributed by atoms with Crippen molar-refractivity contribution in [1.82, 2.24) is 0 Å². The number of anilines is 1. The Bertz CT molecular complexity index is 378. The Morgan fingerprint density at radius 3 is 2.38 bits per heavy atom. The predicted molar refractivity (Wildman–Crippen MR) is 60.6 cm³/mol. The van der Waals surface area contributed by atoms with E-state index in [1.807, 2.05) is 0 Å². The number of ether oxygens (including phenoxy) is 2. The maximum atomic E-state index is 10.9. The first-order valence-corrected chi connectivity index (χ1v) is 4.86. The molecule has 0 aromatic heterocycles. The number of methoxy groups -OCH3 is 2. The van der Waals surface area contributed by atoms with Crippen LogP contribution in [0.25, 0.3) is 0 Å². The lowest BCUT2D eigenvalue weighted by atomic mass is 10.2. The van der Waals surface area contributed by atoms with Crippen molar-refractivity contribution in [3.05, 3.63) is 18.2 Å². The number of amides is 1. The molecule has 5 nitrogen and oxygen atoms in total. The SMILES string of the molecule is CCN(C(=O)O)c1ccc(OC)c(OC)c1. The molecule has 1 rings (SSSR count). The molecule has 0 spiro atoms. The van der Waals surface area contributed by atoms with E-state index in [0.717, 1.165) is 0 Å². The lowest BCUT2D eigenvalue weighted by molar-refractivity contribution is 0.202. The minimum Gasteiger partial charge on any atom is -0.493 e. The third-order valence-electron chi connectivity index (χ3n) is 2.23. The third kappa shape index (κ3) is 2.36. The molecule has 0 radical (unpaired) electrons. The molecule has 0 aliphatic carbocycles. The molecule has 0 fully saturated rings. The Kier molecular flexibility index (Phi) is 3.99. The van der Waals surface area contributed by atoms with E-state index in [0.29, 0.717) is 23.7 Å². The molecule has 0 bridgehead atoms. The molecule has 1 N–H and O–H groups in total. The molecule has 0 unspecified atom stereocenters. The lowest BCUT2D eigenvalue weighted by Gasteiger charge is -2.18. The molecule has 0 saturated heterocycles. The van der Waals surface area contributed by atoms with E-state index in [1.54, 1.807) is 25.1 Å². The molecule has 0 heterocycles. The summed E-state index contributed by atoms with van der Waals surface area (Å²) < 4.78 is 10.2. The summed E-state index contributed by atoms with van der Waals surface area (Å²) in [4.78, 5) is 12.2. The van der Waals surface area contributed by atoms with Gasteiger partial charge in [-0.15, -0.1) is 0 Å². The van der Waals surface area contributed by atoms with Crippen molar-refractivity contribution in [2.45, 2.75) is 6.92 Å². The van der Waals surface area contributed by atoms with Crippen molar-refractivity contribution in [3.63, 3.8) is 0 Å². The van der Waals surface area contributed by atoms with Crippen LogP contribution in [0.2, 0.25) is 0 Å². The van der Waals surface area contributed by atoms with Crippen LogP contribution in [0.4, 0.5) is 10.5 Å². The normalized spacial score (nSPS) is 9.69. The standard InChI is InChI=1S/C11H15NO4/c1-4-12(11(13)14)8-5-6-9(15-2)10(7-8)16-3/h5-7H,4H2,1-3H3,(H,13,14). The lowest BCUT2D eigenvalue weighted by Crippen LogP contribution is -2.28. The van der Waals surface area contributed by atoms with Crippen LogP contribution in [0.3, 0.4) is 0 Å². The second-order valence-corrected chi connectivity index (χ2v) is 3.07. The molecule has 16 heavy (non-hydrogen) atoms. The van der Waals surface area contributed by atoms with Crippen LogP contribution in [0.5, 0.6) is 11.5 Å². The molecule has 88 valence electrons. The summed E-state index contributed by atoms with van der Waals surface area (Å²) in [6, 6.07) is 5.00. The van der Waals surface area contributed by atoms with Crippen LogP contribution in [-0.4, -0.2) is 32.0 Å². The number of hydrogen-bond acceptors (Lipinski definition) is 3. The topological polar surface area (TPSA) is 59.0 Å². The number of rotatable bonds is 4. The maximum Gasteiger partial charge on any atom is 0.411 e. The monoisotopic (exact) mass is 225 g/mol. The van der Waals surface area contributed by atoms with Crippen molar-refractivity contribution in [3.8, 4) is 11.5 Å². The fourth-order valence-corrected chi connectivity index (χ4v) is 1.42. The summed E-state index contributed by atoms with van der Waals surface area (Å²) in [5, 5.41) is 8.97. The Morgan fingerprint density at radius 2 is 1.94 bits per heavy atom. The van der Waals surface area contributed by atoms with Gasteiger partial charge in [-0.05, 0) is 19.1 Å². The van der Waals surface area contributed by atoms with Gasteiger partial charge in [-0.3, -0.25) is 4.90 Å². The van der Waals surface area contributed by atoms with Gasteiger partial charge >= 0.3 is 6.09 Å². The Hall–Kier alpha value is -1.91. The van der Waals surface area contributed by atoms with E-state index in [-0.39, 0.29) is 0 Å². The number of carbonyl (C=O) groups is 1. The first kappa shape index (κ1) is 12.2. The van der Waals surface area contributed by atoms with Gasteiger partial charge in [-0.25, -0.2) is 4.79 Å². The number of hydrogen-bond donors (Lipinski definition) is 1. The van der Waals surface area contributed by atoms with E-state index in [4.69, 9.17) is 14.6 Å². The Morgan fingerprint density at radius 1 is 1.31 bits per heavy atom. The highest BCUT2D eigenvalue weighted by atomic mass is 16.5. The van der Waals surface area contributed by atoms with Crippen LogP contribution in [-0.2, 0) is 0 Å². The fraction of sp³-hybridized carbons (Fsp3) is 0.364. The van der Waals surface area contributed by atoms with Crippen molar-refractivity contribution in [2.75, 3.05) is 25.7 Å². The van der Waals surface area contributed by atoms with Gasteiger partial charge in [0, 0.05) is 12.6 Å². The summed E-state index contributed by atoms with van der Waals surface area (Å²) in [5.74, 6) is 1.09. The predicted octanol–water partition coefficient (Wildman–Crippen LogP) is 2.21. The van der Waals surface area contributed by atoms with Crippen LogP contribution in [0.1, 0.15) is 6.92 Å². The first-order chi connectivity index (χ1) is 7.63. The van der Waals surface area contributed by atoms with E-state index in [9.17, 15) is 4.79 Å². The molecule has 1 aromatic carbocycles. The zero-order valence-corrected chi connectivity index (χ0v) is 9.56. The third-order valence-corrected chi connectivity index (χ3v) is 2.23. The maximum absolute atomic E-state index is 10.9. The van der Waals surface area contributed by atoms with E-state index in [2.05, 4.69) is 0 Å². The highest BCUT2D eigenvalue weighted by Gasteiger charge is 2.14. The van der Waals surface area contributed by atoms with Crippen LogP contribution >= 0.6 is 0 Å². The minimum absolute atomic E-state index is 0.380. The molecule has 0 aliphatic rings. The van der Waals surface area contributed by atoms with Crippen LogP contribution in [0.15, 0.2) is 18.2 Å². The Labute approximate surface area is 94.2 Å². The van der Waals surface area contributed by atoms with Gasteiger partial charge in [-0.2, -0.15) is 0 Å². The van der Waals surface area contributed by atoms with Crippen molar-refractivity contribution >= 4 is 11.8 Å². The first-order valence-electron chi connectivity index (χ1n) is 4.86. The average molecular weight is 225 g/mol. The molecule has 1 aromatic rings. The van der Waals surface area contributed by atoms with Crippen molar-refractivity contribution < 1.29 is 19.4 Å². The molecular formula is C11H15NO4. The van der Waals surface area contributed by atoms with Crippen LogP contribution < -0.4 is 14.4 Å². The largest absolute Gasteiger partial charge is 0.493 e. The summed E-state index contributed by atoms with van der Waals surface area (Å²) in [6.07, 6.45) is -0.991. The highest BCUT2D eigenvalue weighted by molar-refractivity contribution is 5.86. The average Bonchev–Trinajstić information content (AvgIpc) is 2.29. The van der Waals surface area contributed by atoms with E-state index in [1.165, 1.54) is 19.1 Å². The van der Waals surface area contributed by atoms with Gasteiger partial charge in [-0.1, -0.05) is 0 Å². The van der Waals surface area contributed by atoms with Gasteiger partial charge in [0.2, 0.25) is 0 Å². The molecule has 0 saturated carbocycles. The van der Waals surface area contributed by atoms with Gasteiger partial charge in [0.15, 0.2) is 11.5 Å². The zero-order chi connectivity index (χ0) is 12.1. The highest BCUT2D eigenvalue weighted by Crippen LogP contribution is 2.31. The van der Waals surface area contributed by atoms with Gasteiger partial charge in [0.25, 0.3) is 0 Å². The quantitative estimate of drug-likeness (QED) is 0.853. The summed E-state index contributed by atoms with van der Waals surface area (Å²) in [5.41, 5.74) is 0.563. The van der Waals surface area contributed by atoms with Gasteiger partial charge < -0.3 is 14.6 Å². The second kappa shape index (κ2) is 5.25. The zero-order valence-electron chi connectivity index (χ0n) is 9.56. The van der Waals surface area contributed by atoms with E-state index >= 15 is 0 Å².